The van der Waals surface area contributed by atoms with Crippen LogP contribution in [-0.2, 0) is 13.0 Å². The zero-order valence-electron chi connectivity index (χ0n) is 10.8. The molecule has 0 fully saturated rings. The maximum absolute atomic E-state index is 9.41. The highest BCUT2D eigenvalue weighted by Crippen LogP contribution is 2.29. The van der Waals surface area contributed by atoms with E-state index in [-0.39, 0.29) is 5.75 Å². The molecule has 2 aromatic carbocycles. The van der Waals surface area contributed by atoms with Gasteiger partial charge in [0.1, 0.15) is 5.75 Å². The number of hydrogen-bond donors (Lipinski definition) is 2. The zero-order valence-corrected chi connectivity index (χ0v) is 10.8. The van der Waals surface area contributed by atoms with E-state index in [2.05, 4.69) is 29.2 Å². The highest BCUT2D eigenvalue weighted by Gasteiger charge is 2.17. The van der Waals surface area contributed by atoms with E-state index in [1.807, 2.05) is 6.07 Å². The number of rotatable bonds is 2. The van der Waals surface area contributed by atoms with Gasteiger partial charge in [0.25, 0.3) is 0 Å². The molecule has 1 aliphatic heterocycles. The van der Waals surface area contributed by atoms with Gasteiger partial charge in [-0.1, -0.05) is 24.3 Å². The van der Waals surface area contributed by atoms with Crippen molar-refractivity contribution in [3.8, 4) is 5.75 Å². The molecule has 0 unspecified atom stereocenters. The molecule has 1 aliphatic rings. The summed E-state index contributed by atoms with van der Waals surface area (Å²) in [4.78, 5) is 2.36. The highest BCUT2D eigenvalue weighted by atomic mass is 16.3. The van der Waals surface area contributed by atoms with Crippen molar-refractivity contribution >= 4 is 11.4 Å². The number of nitrogens with zero attached hydrogens (tertiary/aromatic N) is 1. The number of phenolic OH excluding ortho intramolecular Hbond substituents is 1. The lowest BCUT2D eigenvalue weighted by Gasteiger charge is -2.31. The molecule has 0 amide bonds. The highest BCUT2D eigenvalue weighted by molar-refractivity contribution is 5.58. The third-order valence-corrected chi connectivity index (χ3v) is 3.70. The molecule has 0 spiro atoms. The number of nitrogen functional groups attached to an aromatic ring is 1. The lowest BCUT2D eigenvalue weighted by Crippen LogP contribution is -2.29. The maximum Gasteiger partial charge on any atom is 0.117 e. The summed E-state index contributed by atoms with van der Waals surface area (Å²) in [5, 5.41) is 9.41. The smallest absolute Gasteiger partial charge is 0.117 e. The Hall–Kier alpha value is -2.16. The van der Waals surface area contributed by atoms with Crippen molar-refractivity contribution in [2.45, 2.75) is 19.4 Å². The van der Waals surface area contributed by atoms with Gasteiger partial charge in [0.2, 0.25) is 0 Å². The number of aromatic hydroxyl groups is 1. The van der Waals surface area contributed by atoms with Crippen molar-refractivity contribution in [2.75, 3.05) is 17.2 Å². The third kappa shape index (κ3) is 2.36. The van der Waals surface area contributed by atoms with E-state index >= 15 is 0 Å². The van der Waals surface area contributed by atoms with Gasteiger partial charge in [-0.05, 0) is 36.1 Å². The van der Waals surface area contributed by atoms with Crippen LogP contribution in [0.25, 0.3) is 0 Å². The van der Waals surface area contributed by atoms with Crippen LogP contribution < -0.4 is 10.6 Å². The van der Waals surface area contributed by atoms with Crippen molar-refractivity contribution < 1.29 is 5.11 Å². The molecule has 0 saturated heterocycles. The number of anilines is 2. The summed E-state index contributed by atoms with van der Waals surface area (Å²) in [5.74, 6) is 0.222. The van der Waals surface area contributed by atoms with Gasteiger partial charge in [0, 0.05) is 30.5 Å². The zero-order chi connectivity index (χ0) is 13.2. The minimum absolute atomic E-state index is 0.222. The van der Waals surface area contributed by atoms with E-state index in [0.717, 1.165) is 25.1 Å². The number of benzene rings is 2. The Morgan fingerprint density at radius 1 is 1.16 bits per heavy atom. The molecule has 3 heteroatoms. The van der Waals surface area contributed by atoms with Crippen LogP contribution in [0.3, 0.4) is 0 Å². The minimum atomic E-state index is 0.222. The van der Waals surface area contributed by atoms with Crippen LogP contribution in [0.1, 0.15) is 17.5 Å². The van der Waals surface area contributed by atoms with Crippen LogP contribution in [0.2, 0.25) is 0 Å². The second-order valence-corrected chi connectivity index (χ2v) is 5.04. The van der Waals surface area contributed by atoms with E-state index in [4.69, 9.17) is 5.73 Å². The normalized spacial score (nSPS) is 14.2. The number of hydrogen-bond acceptors (Lipinski definition) is 3. The monoisotopic (exact) mass is 254 g/mol. The SMILES string of the molecule is Nc1cc(O)ccc1CN1CCCc2ccccc21. The quantitative estimate of drug-likeness (QED) is 0.810. The lowest BCUT2D eigenvalue weighted by molar-refractivity contribution is 0.475. The summed E-state index contributed by atoms with van der Waals surface area (Å²) in [6, 6.07) is 13.8. The number of aryl methyl sites for hydroxylation is 1. The number of phenols is 1. The summed E-state index contributed by atoms with van der Waals surface area (Å²) in [7, 11) is 0. The van der Waals surface area contributed by atoms with E-state index in [9.17, 15) is 5.11 Å². The molecule has 0 aromatic heterocycles. The molecule has 0 bridgehead atoms. The first-order chi connectivity index (χ1) is 9.24. The van der Waals surface area contributed by atoms with E-state index in [0.29, 0.717) is 5.69 Å². The van der Waals surface area contributed by atoms with Crippen molar-refractivity contribution in [3.05, 3.63) is 53.6 Å². The molecular formula is C16H18N2O. The van der Waals surface area contributed by atoms with Crippen LogP contribution in [0.15, 0.2) is 42.5 Å². The molecule has 0 saturated carbocycles. The van der Waals surface area contributed by atoms with Gasteiger partial charge in [-0.15, -0.1) is 0 Å². The second-order valence-electron chi connectivity index (χ2n) is 5.04. The summed E-state index contributed by atoms with van der Waals surface area (Å²) in [6.45, 7) is 1.85. The summed E-state index contributed by atoms with van der Waals surface area (Å²) in [5.41, 5.74) is 10.4. The Balaban J connectivity index is 1.88. The topological polar surface area (TPSA) is 49.5 Å². The number of para-hydroxylation sites is 1. The van der Waals surface area contributed by atoms with Crippen LogP contribution in [0, 0.1) is 0 Å². The standard InChI is InChI=1S/C16H18N2O/c17-15-10-14(19)8-7-13(15)11-18-9-3-5-12-4-1-2-6-16(12)18/h1-2,4,6-8,10,19H,3,5,9,11,17H2. The number of fused-ring (bicyclic) bond motifs is 1. The maximum atomic E-state index is 9.41. The van der Waals surface area contributed by atoms with Gasteiger partial charge in [0.05, 0.1) is 0 Å². The molecule has 2 aromatic rings. The molecular weight excluding hydrogens is 236 g/mol. The van der Waals surface area contributed by atoms with E-state index < -0.39 is 0 Å². The molecule has 0 radical (unpaired) electrons. The Bertz CT molecular complexity index is 595. The second kappa shape index (κ2) is 4.84. The van der Waals surface area contributed by atoms with Crippen molar-refractivity contribution in [3.63, 3.8) is 0 Å². The fourth-order valence-electron chi connectivity index (χ4n) is 2.71. The lowest BCUT2D eigenvalue weighted by atomic mass is 10.0. The summed E-state index contributed by atoms with van der Waals surface area (Å²) in [6.07, 6.45) is 2.33. The van der Waals surface area contributed by atoms with Crippen molar-refractivity contribution in [1.82, 2.24) is 0 Å². The number of nitrogens with two attached hydrogens (primary N) is 1. The minimum Gasteiger partial charge on any atom is -0.508 e. The van der Waals surface area contributed by atoms with Gasteiger partial charge in [-0.3, -0.25) is 0 Å². The molecule has 98 valence electrons. The first kappa shape index (κ1) is 11.9. The summed E-state index contributed by atoms with van der Waals surface area (Å²) >= 11 is 0. The molecule has 0 atom stereocenters. The predicted octanol–water partition coefficient (Wildman–Crippen LogP) is 2.93. The molecule has 1 heterocycles. The molecule has 3 rings (SSSR count). The molecule has 19 heavy (non-hydrogen) atoms. The third-order valence-electron chi connectivity index (χ3n) is 3.70. The largest absolute Gasteiger partial charge is 0.508 e. The molecule has 0 aliphatic carbocycles. The first-order valence-corrected chi connectivity index (χ1v) is 6.64. The molecule has 3 N–H and O–H groups in total. The van der Waals surface area contributed by atoms with Crippen LogP contribution in [0.4, 0.5) is 11.4 Å². The van der Waals surface area contributed by atoms with Crippen LogP contribution >= 0.6 is 0 Å². The molecule has 3 nitrogen and oxygen atoms in total. The van der Waals surface area contributed by atoms with Gasteiger partial charge in [0.15, 0.2) is 0 Å². The summed E-state index contributed by atoms with van der Waals surface area (Å²) < 4.78 is 0. The van der Waals surface area contributed by atoms with Gasteiger partial charge in [-0.2, -0.15) is 0 Å². The Kier molecular flexibility index (Phi) is 3.03. The van der Waals surface area contributed by atoms with Crippen molar-refractivity contribution in [2.24, 2.45) is 0 Å². The average molecular weight is 254 g/mol. The first-order valence-electron chi connectivity index (χ1n) is 6.64. The van der Waals surface area contributed by atoms with Gasteiger partial charge in [-0.25, -0.2) is 0 Å². The predicted molar refractivity (Wildman–Crippen MR) is 78.3 cm³/mol. The Morgan fingerprint density at radius 2 is 2.00 bits per heavy atom. The van der Waals surface area contributed by atoms with Gasteiger partial charge >= 0.3 is 0 Å². The van der Waals surface area contributed by atoms with E-state index in [1.54, 1.807) is 12.1 Å². The Labute approximate surface area is 113 Å². The Morgan fingerprint density at radius 3 is 2.84 bits per heavy atom. The fourth-order valence-corrected chi connectivity index (χ4v) is 2.71. The average Bonchev–Trinajstić information content (AvgIpc) is 2.42. The van der Waals surface area contributed by atoms with E-state index in [1.165, 1.54) is 17.7 Å². The van der Waals surface area contributed by atoms with Crippen molar-refractivity contribution in [1.29, 1.82) is 0 Å². The van der Waals surface area contributed by atoms with Gasteiger partial charge < -0.3 is 15.7 Å². The van der Waals surface area contributed by atoms with Crippen LogP contribution in [-0.4, -0.2) is 11.7 Å². The fraction of sp³-hybridized carbons (Fsp3) is 0.250. The van der Waals surface area contributed by atoms with Crippen LogP contribution in [0.5, 0.6) is 5.75 Å².